The Kier molecular flexibility index (Phi) is 4.15. The van der Waals surface area contributed by atoms with Crippen LogP contribution in [0.5, 0.6) is 0 Å². The van der Waals surface area contributed by atoms with Gasteiger partial charge in [0.25, 0.3) is 5.56 Å². The van der Waals surface area contributed by atoms with Crippen LogP contribution in [0.2, 0.25) is 0 Å². The summed E-state index contributed by atoms with van der Waals surface area (Å²) >= 11 is 3.39. The Morgan fingerprint density at radius 1 is 1.33 bits per heavy atom. The zero-order valence-corrected chi connectivity index (χ0v) is 11.6. The molecule has 0 fully saturated rings. The predicted molar refractivity (Wildman–Crippen MR) is 75.9 cm³/mol. The van der Waals surface area contributed by atoms with Crippen molar-refractivity contribution in [2.75, 3.05) is 11.9 Å². The second-order valence-corrected chi connectivity index (χ2v) is 4.91. The van der Waals surface area contributed by atoms with Crippen LogP contribution in [0.25, 0.3) is 0 Å². The van der Waals surface area contributed by atoms with Crippen molar-refractivity contribution in [2.45, 2.75) is 13.5 Å². The van der Waals surface area contributed by atoms with E-state index in [1.54, 1.807) is 17.0 Å². The average molecular weight is 308 g/mol. The van der Waals surface area contributed by atoms with Gasteiger partial charge in [0.1, 0.15) is 0 Å². The van der Waals surface area contributed by atoms with Crippen molar-refractivity contribution in [2.24, 2.45) is 0 Å². The van der Waals surface area contributed by atoms with E-state index in [0.29, 0.717) is 13.1 Å². The van der Waals surface area contributed by atoms with Crippen LogP contribution in [0.15, 0.2) is 45.9 Å². The average Bonchev–Trinajstić information content (AvgIpc) is 2.34. The van der Waals surface area contributed by atoms with E-state index in [4.69, 9.17) is 0 Å². The molecule has 1 aromatic heterocycles. The highest BCUT2D eigenvalue weighted by Crippen LogP contribution is 2.13. The molecular weight excluding hydrogens is 294 g/mol. The number of halogens is 1. The fraction of sp³-hybridized carbons (Fsp3) is 0.231. The molecule has 2 rings (SSSR count). The predicted octanol–water partition coefficient (Wildman–Crippen LogP) is 2.43. The summed E-state index contributed by atoms with van der Waals surface area (Å²) in [6.07, 6.45) is 1.58. The van der Waals surface area contributed by atoms with Gasteiger partial charge in [-0.1, -0.05) is 15.9 Å². The first-order valence-electron chi connectivity index (χ1n) is 5.68. The van der Waals surface area contributed by atoms with Crippen LogP contribution in [-0.2, 0) is 6.54 Å². The molecule has 5 heteroatoms. The molecule has 1 aromatic carbocycles. The molecule has 1 N–H and O–H groups in total. The van der Waals surface area contributed by atoms with Crippen molar-refractivity contribution in [3.05, 3.63) is 57.2 Å². The molecule has 1 heterocycles. The molecule has 0 saturated heterocycles. The van der Waals surface area contributed by atoms with Gasteiger partial charge < -0.3 is 5.32 Å². The van der Waals surface area contributed by atoms with E-state index < -0.39 is 0 Å². The van der Waals surface area contributed by atoms with Crippen molar-refractivity contribution in [3.63, 3.8) is 0 Å². The van der Waals surface area contributed by atoms with Gasteiger partial charge in [0.05, 0.1) is 6.33 Å². The molecule has 18 heavy (non-hydrogen) atoms. The van der Waals surface area contributed by atoms with Gasteiger partial charge >= 0.3 is 0 Å². The largest absolute Gasteiger partial charge is 0.383 e. The van der Waals surface area contributed by atoms with E-state index in [-0.39, 0.29) is 5.56 Å². The molecule has 0 amide bonds. The van der Waals surface area contributed by atoms with Crippen molar-refractivity contribution in [3.8, 4) is 0 Å². The van der Waals surface area contributed by atoms with Gasteiger partial charge in [0.2, 0.25) is 0 Å². The minimum Gasteiger partial charge on any atom is -0.383 e. The van der Waals surface area contributed by atoms with Crippen LogP contribution in [0.4, 0.5) is 5.69 Å². The van der Waals surface area contributed by atoms with Crippen molar-refractivity contribution >= 4 is 21.6 Å². The monoisotopic (exact) mass is 307 g/mol. The first-order chi connectivity index (χ1) is 8.65. The first-order valence-corrected chi connectivity index (χ1v) is 6.47. The van der Waals surface area contributed by atoms with E-state index >= 15 is 0 Å². The van der Waals surface area contributed by atoms with Crippen LogP contribution < -0.4 is 10.9 Å². The van der Waals surface area contributed by atoms with Gasteiger partial charge in [-0.25, -0.2) is 4.98 Å². The Balaban J connectivity index is 1.92. The number of benzene rings is 1. The number of nitrogens with one attached hydrogen (secondary N) is 1. The summed E-state index contributed by atoms with van der Waals surface area (Å²) < 4.78 is 2.64. The Morgan fingerprint density at radius 2 is 2.06 bits per heavy atom. The van der Waals surface area contributed by atoms with Crippen LogP contribution in [-0.4, -0.2) is 16.1 Å². The second kappa shape index (κ2) is 5.82. The van der Waals surface area contributed by atoms with E-state index in [1.807, 2.05) is 31.2 Å². The molecule has 4 nitrogen and oxygen atoms in total. The maximum atomic E-state index is 11.6. The zero-order chi connectivity index (χ0) is 13.0. The van der Waals surface area contributed by atoms with Gasteiger partial charge in [0.15, 0.2) is 0 Å². The molecule has 0 aliphatic carbocycles. The number of anilines is 1. The van der Waals surface area contributed by atoms with Crippen molar-refractivity contribution < 1.29 is 0 Å². The summed E-state index contributed by atoms with van der Waals surface area (Å²) in [5, 5.41) is 3.25. The van der Waals surface area contributed by atoms with E-state index in [1.165, 1.54) is 0 Å². The first kappa shape index (κ1) is 12.8. The summed E-state index contributed by atoms with van der Waals surface area (Å²) in [5.74, 6) is 0. The van der Waals surface area contributed by atoms with Gasteiger partial charge in [-0.2, -0.15) is 0 Å². The summed E-state index contributed by atoms with van der Waals surface area (Å²) in [6, 6.07) is 9.46. The number of aryl methyl sites for hydroxylation is 1. The minimum absolute atomic E-state index is 0.0138. The standard InChI is InChI=1S/C13H14BrN3O/c1-10-8-13(18)17(9-16-10)7-6-15-12-4-2-11(14)3-5-12/h2-5,8-9,15H,6-7H2,1H3. The van der Waals surface area contributed by atoms with Crippen molar-refractivity contribution in [1.29, 1.82) is 0 Å². The lowest BCUT2D eigenvalue weighted by Crippen LogP contribution is -2.23. The van der Waals surface area contributed by atoms with Crippen LogP contribution >= 0.6 is 15.9 Å². The van der Waals surface area contributed by atoms with E-state index in [2.05, 4.69) is 26.2 Å². The van der Waals surface area contributed by atoms with Gasteiger partial charge in [-0.3, -0.25) is 9.36 Å². The fourth-order valence-corrected chi connectivity index (χ4v) is 1.84. The Hall–Kier alpha value is -1.62. The number of aromatic nitrogens is 2. The number of nitrogens with zero attached hydrogens (tertiary/aromatic N) is 2. The molecule has 0 unspecified atom stereocenters. The van der Waals surface area contributed by atoms with Gasteiger partial charge in [-0.05, 0) is 31.2 Å². The summed E-state index contributed by atoms with van der Waals surface area (Å²) in [5.41, 5.74) is 1.77. The molecule has 0 bridgehead atoms. The molecular formula is C13H14BrN3O. The molecule has 0 saturated carbocycles. The van der Waals surface area contributed by atoms with E-state index in [0.717, 1.165) is 15.9 Å². The summed E-state index contributed by atoms with van der Waals surface area (Å²) in [6.45, 7) is 3.10. The zero-order valence-electron chi connectivity index (χ0n) is 10.1. The molecule has 0 aliphatic heterocycles. The van der Waals surface area contributed by atoms with E-state index in [9.17, 15) is 4.79 Å². The quantitative estimate of drug-likeness (QED) is 0.943. The fourth-order valence-electron chi connectivity index (χ4n) is 1.57. The molecule has 2 aromatic rings. The van der Waals surface area contributed by atoms with Crippen LogP contribution in [0.3, 0.4) is 0 Å². The highest BCUT2D eigenvalue weighted by Gasteiger charge is 1.97. The molecule has 0 spiro atoms. The number of hydrogen-bond acceptors (Lipinski definition) is 3. The smallest absolute Gasteiger partial charge is 0.253 e. The maximum Gasteiger partial charge on any atom is 0.253 e. The molecule has 0 atom stereocenters. The highest BCUT2D eigenvalue weighted by molar-refractivity contribution is 9.10. The summed E-state index contributed by atoms with van der Waals surface area (Å²) in [7, 11) is 0. The Labute approximate surface area is 114 Å². The third kappa shape index (κ3) is 3.43. The minimum atomic E-state index is -0.0138. The number of hydrogen-bond donors (Lipinski definition) is 1. The van der Waals surface area contributed by atoms with Crippen LogP contribution in [0.1, 0.15) is 5.69 Å². The topological polar surface area (TPSA) is 46.9 Å². The lowest BCUT2D eigenvalue weighted by Gasteiger charge is -2.08. The third-order valence-electron chi connectivity index (χ3n) is 2.54. The molecule has 0 aliphatic rings. The maximum absolute atomic E-state index is 11.6. The molecule has 94 valence electrons. The second-order valence-electron chi connectivity index (χ2n) is 4.00. The third-order valence-corrected chi connectivity index (χ3v) is 3.07. The Morgan fingerprint density at radius 3 is 2.72 bits per heavy atom. The number of rotatable bonds is 4. The van der Waals surface area contributed by atoms with Gasteiger partial charge in [-0.15, -0.1) is 0 Å². The van der Waals surface area contributed by atoms with Gasteiger partial charge in [0, 0.05) is 35.0 Å². The van der Waals surface area contributed by atoms with Crippen molar-refractivity contribution in [1.82, 2.24) is 9.55 Å². The summed E-state index contributed by atoms with van der Waals surface area (Å²) in [4.78, 5) is 15.7. The normalized spacial score (nSPS) is 10.3. The SMILES string of the molecule is Cc1cc(=O)n(CCNc2ccc(Br)cc2)cn1. The lowest BCUT2D eigenvalue weighted by atomic mass is 10.3. The Bertz CT molecular complexity index is 578. The lowest BCUT2D eigenvalue weighted by molar-refractivity contribution is 0.676. The highest BCUT2D eigenvalue weighted by atomic mass is 79.9. The van der Waals surface area contributed by atoms with Crippen LogP contribution in [0, 0.1) is 6.92 Å². The molecule has 0 radical (unpaired) electrons.